The van der Waals surface area contributed by atoms with Crippen molar-refractivity contribution < 1.29 is 63.0 Å². The summed E-state index contributed by atoms with van der Waals surface area (Å²) in [6.45, 7) is 6.02. The third kappa shape index (κ3) is 28.1. The number of fused-ring (bicyclic) bond motifs is 1. The van der Waals surface area contributed by atoms with Crippen LogP contribution in [0.5, 0.6) is 5.75 Å². The zero-order valence-corrected chi connectivity index (χ0v) is 51.6. The number of rotatable bonds is 45. The predicted octanol–water partition coefficient (Wildman–Crippen LogP) is 1.88. The summed E-state index contributed by atoms with van der Waals surface area (Å²) in [4.78, 5) is 150. The molecule has 0 spiro atoms. The molecule has 0 fully saturated rings. The van der Waals surface area contributed by atoms with Gasteiger partial charge < -0.3 is 80.2 Å². The van der Waals surface area contributed by atoms with E-state index >= 15 is 0 Å². The number of carbonyl (C=O) groups is 11. The first-order valence-electron chi connectivity index (χ1n) is 31.0. The van der Waals surface area contributed by atoms with Gasteiger partial charge in [0.1, 0.15) is 48.0 Å². The summed E-state index contributed by atoms with van der Waals surface area (Å²) in [7, 11) is 0. The Morgan fingerprint density at radius 3 is 1.66 bits per heavy atom. The molecule has 488 valence electrons. The molecule has 0 radical (unpaired) electrons. The molecule has 1 heterocycles. The van der Waals surface area contributed by atoms with Crippen molar-refractivity contribution >= 4 is 75.9 Å². The van der Waals surface area contributed by atoms with Crippen molar-refractivity contribution in [2.75, 3.05) is 26.2 Å². The topological polar surface area (TPSA) is 430 Å². The van der Waals surface area contributed by atoms with Gasteiger partial charge in [-0.25, -0.2) is 0 Å². The minimum absolute atomic E-state index is 0.0302. The van der Waals surface area contributed by atoms with Gasteiger partial charge in [-0.15, -0.1) is 0 Å². The summed E-state index contributed by atoms with van der Waals surface area (Å²) in [5.74, 6) is -9.99. The van der Waals surface area contributed by atoms with E-state index in [9.17, 15) is 63.0 Å². The number of H-pyrrole nitrogens is 1. The highest BCUT2D eigenvalue weighted by Gasteiger charge is 2.35. The maximum Gasteiger partial charge on any atom is 0.325 e. The van der Waals surface area contributed by atoms with Crippen LogP contribution >= 0.6 is 0 Å². The van der Waals surface area contributed by atoms with Gasteiger partial charge >= 0.3 is 5.97 Å². The number of carboxylic acid groups (broad SMARTS) is 1. The third-order valence-electron chi connectivity index (χ3n) is 15.1. The highest BCUT2D eigenvalue weighted by atomic mass is 16.4. The fourth-order valence-corrected chi connectivity index (χ4v) is 9.70. The number of amides is 10. The monoisotopic (exact) mass is 1230 g/mol. The van der Waals surface area contributed by atoms with E-state index < -0.39 is 127 Å². The van der Waals surface area contributed by atoms with E-state index in [1.54, 1.807) is 20.0 Å². The second kappa shape index (κ2) is 41.1. The molecule has 1 aromatic heterocycles. The minimum atomic E-state index is -1.72. The lowest BCUT2D eigenvalue weighted by atomic mass is 9.97. The van der Waals surface area contributed by atoms with Crippen molar-refractivity contribution in [2.45, 2.75) is 205 Å². The summed E-state index contributed by atoms with van der Waals surface area (Å²) in [5, 5.41) is 43.1. The van der Waals surface area contributed by atoms with Crippen molar-refractivity contribution in [3.63, 3.8) is 0 Å². The number of unbranched alkanes of at least 4 members (excludes halogenated alkanes) is 11. The fraction of sp³-hybridized carbons (Fsp3) is 0.597. The maximum atomic E-state index is 14.2. The van der Waals surface area contributed by atoms with Crippen LogP contribution in [0.4, 0.5) is 0 Å². The van der Waals surface area contributed by atoms with Crippen LogP contribution in [0.2, 0.25) is 0 Å². The lowest BCUT2D eigenvalue weighted by Gasteiger charge is -2.28. The molecule has 2 aromatic carbocycles. The Kier molecular flexibility index (Phi) is 34.6. The molecule has 88 heavy (non-hydrogen) atoms. The van der Waals surface area contributed by atoms with Crippen molar-refractivity contribution in [1.82, 2.24) is 52.8 Å². The molecule has 0 unspecified atom stereocenters. The van der Waals surface area contributed by atoms with Gasteiger partial charge in [0.05, 0.1) is 19.5 Å². The number of benzene rings is 2. The largest absolute Gasteiger partial charge is 0.508 e. The summed E-state index contributed by atoms with van der Waals surface area (Å²) >= 11 is 0. The summed E-state index contributed by atoms with van der Waals surface area (Å²) in [6.07, 6.45) is 14.7. The molecule has 8 atom stereocenters. The maximum absolute atomic E-state index is 14.2. The molecule has 10 amide bonds. The summed E-state index contributed by atoms with van der Waals surface area (Å²) in [6, 6.07) is 3.57. The van der Waals surface area contributed by atoms with Crippen LogP contribution in [0, 0.1) is 5.92 Å². The molecular formula is C62H97N13O13. The molecule has 0 bridgehead atoms. The van der Waals surface area contributed by atoms with Gasteiger partial charge in [-0.2, -0.15) is 0 Å². The number of nitrogens with one attached hydrogen (secondary N) is 10. The number of phenolic OH excluding ortho intramolecular Hbond substituents is 1. The Morgan fingerprint density at radius 1 is 0.523 bits per heavy atom. The predicted molar refractivity (Wildman–Crippen MR) is 332 cm³/mol. The second-order valence-electron chi connectivity index (χ2n) is 22.5. The lowest BCUT2D eigenvalue weighted by Crippen LogP contribution is -2.60. The Bertz CT molecular complexity index is 2720. The third-order valence-corrected chi connectivity index (χ3v) is 15.1. The van der Waals surface area contributed by atoms with E-state index in [4.69, 9.17) is 17.2 Å². The molecule has 3 aromatic rings. The highest BCUT2D eigenvalue weighted by molar-refractivity contribution is 5.99. The molecule has 26 heteroatoms. The number of carboxylic acids is 1. The molecule has 18 N–H and O–H groups in total. The number of aromatic amines is 1. The van der Waals surface area contributed by atoms with Crippen LogP contribution < -0.4 is 65.1 Å². The molecule has 0 aliphatic carbocycles. The standard InChI is InChI=1S/C62H97N13O13/c1-5-7-8-9-10-11-12-13-14-15-16-26-52(78)70-49(34-42-36-66-45-23-18-17-22-44(42)45)56(81)68-37-53(79)67-38-54(80)75-55(39(3)6-2)61(86)72-47(25-21-32-64)57(82)71-46(24-19-20-31-63)58(83)74-50(35-51(65)77)60(85)73-48(59(84)69-40(4)62(87)88)33-41-27-29-43(76)30-28-41/h17-18,22-23,27-30,36,39-40,46-50,55,66,76H,5-16,19-21,24-26,31-35,37-38,63-64H2,1-4H3,(H2,65,77)(H,67,79)(H,68,81)(H,69,84)(H,70,78)(H,71,82)(H,72,86)(H,73,85)(H,74,83)(H,75,80)(H,87,88)/t39-,40-,46-,47-,48-,49-,50-,55-/m1/s1. The molecule has 26 nitrogen and oxygen atoms in total. The number of hydrogen-bond donors (Lipinski definition) is 15. The number of hydrogen-bond acceptors (Lipinski definition) is 14. The summed E-state index contributed by atoms with van der Waals surface area (Å²) < 4.78 is 0. The molecule has 0 aliphatic rings. The van der Waals surface area contributed by atoms with Gasteiger partial charge in [0.2, 0.25) is 59.1 Å². The van der Waals surface area contributed by atoms with Crippen LogP contribution in [0.1, 0.15) is 161 Å². The second-order valence-corrected chi connectivity index (χ2v) is 22.5. The molecular weight excluding hydrogens is 1130 g/mol. The molecule has 0 saturated carbocycles. The van der Waals surface area contributed by atoms with E-state index in [1.807, 2.05) is 24.3 Å². The van der Waals surface area contributed by atoms with Crippen LogP contribution in [-0.4, -0.2) is 149 Å². The van der Waals surface area contributed by atoms with Crippen molar-refractivity contribution in [3.05, 3.63) is 65.9 Å². The van der Waals surface area contributed by atoms with Gasteiger partial charge in [0.25, 0.3) is 0 Å². The first-order valence-corrected chi connectivity index (χ1v) is 31.0. The van der Waals surface area contributed by atoms with E-state index in [2.05, 4.69) is 59.8 Å². The number of phenols is 1. The van der Waals surface area contributed by atoms with Gasteiger partial charge in [-0.05, 0) is 93.8 Å². The van der Waals surface area contributed by atoms with Crippen molar-refractivity contribution in [2.24, 2.45) is 23.1 Å². The molecule has 0 aliphatic heterocycles. The Balaban J connectivity index is 1.68. The van der Waals surface area contributed by atoms with Crippen LogP contribution in [-0.2, 0) is 65.6 Å². The van der Waals surface area contributed by atoms with Crippen molar-refractivity contribution in [1.29, 1.82) is 0 Å². The Morgan fingerprint density at radius 2 is 1.06 bits per heavy atom. The average molecular weight is 1230 g/mol. The number of aromatic nitrogens is 1. The quantitative estimate of drug-likeness (QED) is 0.0359. The zero-order valence-electron chi connectivity index (χ0n) is 51.6. The molecule has 3 rings (SSSR count). The fourth-order valence-electron chi connectivity index (χ4n) is 9.70. The van der Waals surface area contributed by atoms with Gasteiger partial charge in [0.15, 0.2) is 0 Å². The van der Waals surface area contributed by atoms with Crippen molar-refractivity contribution in [3.8, 4) is 5.75 Å². The van der Waals surface area contributed by atoms with Gasteiger partial charge in [-0.3, -0.25) is 52.7 Å². The Hall–Kier alpha value is -8.13. The van der Waals surface area contributed by atoms with E-state index in [-0.39, 0.29) is 69.7 Å². The first kappa shape index (κ1) is 74.1. The number of aliphatic carboxylic acids is 1. The average Bonchev–Trinajstić information content (AvgIpc) is 4.15. The highest BCUT2D eigenvalue weighted by Crippen LogP contribution is 2.20. The summed E-state index contributed by atoms with van der Waals surface area (Å²) in [5.41, 5.74) is 19.1. The lowest BCUT2D eigenvalue weighted by molar-refractivity contribution is -0.142. The normalized spacial score (nSPS) is 13.8. The van der Waals surface area contributed by atoms with E-state index in [0.717, 1.165) is 35.7 Å². The number of primary amides is 1. The number of para-hydroxylation sites is 1. The Labute approximate surface area is 515 Å². The SMILES string of the molecule is CCCCCCCCCCCCCC(=O)N[C@H](Cc1c[nH]c2ccccc12)C(=O)NCC(=O)NCC(=O)N[C@@H](C(=O)N[C@H](CCCN)C(=O)N[C@H](CCCCN)C(=O)N[C@H](CC(N)=O)C(=O)N[C@H](Cc1ccc(O)cc1)C(=O)N[C@H](C)C(=O)O)[C@H](C)CC. The van der Waals surface area contributed by atoms with Gasteiger partial charge in [0, 0.05) is 36.4 Å². The number of nitrogens with two attached hydrogens (primary N) is 3. The first-order chi connectivity index (χ1) is 42.1. The minimum Gasteiger partial charge on any atom is -0.508 e. The van der Waals surface area contributed by atoms with Crippen LogP contribution in [0.25, 0.3) is 10.9 Å². The van der Waals surface area contributed by atoms with Gasteiger partial charge in [-0.1, -0.05) is 122 Å². The van der Waals surface area contributed by atoms with E-state index in [0.29, 0.717) is 24.8 Å². The number of carbonyl (C=O) groups excluding carboxylic acids is 10. The van der Waals surface area contributed by atoms with E-state index in [1.165, 1.54) is 76.1 Å². The van der Waals surface area contributed by atoms with Crippen LogP contribution in [0.3, 0.4) is 0 Å². The number of aromatic hydroxyl groups is 1. The smallest absolute Gasteiger partial charge is 0.325 e. The zero-order chi connectivity index (χ0) is 65.0. The van der Waals surface area contributed by atoms with Crippen LogP contribution in [0.15, 0.2) is 54.7 Å². The molecule has 0 saturated heterocycles.